The molecule has 0 unspecified atom stereocenters. The van der Waals surface area contributed by atoms with Gasteiger partial charge < -0.3 is 9.47 Å². The molecule has 5 nitrogen and oxygen atoms in total. The maximum absolute atomic E-state index is 10.8. The molecule has 1 aliphatic heterocycles. The van der Waals surface area contributed by atoms with Crippen molar-refractivity contribution < 1.29 is 14.3 Å². The van der Waals surface area contributed by atoms with E-state index in [0.717, 1.165) is 19.4 Å². The second kappa shape index (κ2) is 4.33. The molecule has 0 N–H and O–H groups in total. The van der Waals surface area contributed by atoms with E-state index in [9.17, 15) is 4.79 Å². The molecule has 0 saturated carbocycles. The molecule has 0 fully saturated rings. The molecular weight excluding hydrogens is 196 g/mol. The molecular formula is C10H14N2O3. The summed E-state index contributed by atoms with van der Waals surface area (Å²) in [7, 11) is 1.34. The fraction of sp³-hybridized carbons (Fsp3) is 0.600. The molecule has 0 atom stereocenters. The van der Waals surface area contributed by atoms with Crippen LogP contribution in [0.1, 0.15) is 18.5 Å². The summed E-state index contributed by atoms with van der Waals surface area (Å²) in [5.41, 5.74) is 1.18. The lowest BCUT2D eigenvalue weighted by molar-refractivity contribution is -0.143. The number of hydrogen-bond acceptors (Lipinski definition) is 4. The van der Waals surface area contributed by atoms with Gasteiger partial charge in [-0.1, -0.05) is 0 Å². The molecule has 2 heterocycles. The van der Waals surface area contributed by atoms with Crippen LogP contribution in [0.15, 0.2) is 6.07 Å². The van der Waals surface area contributed by atoms with Crippen LogP contribution in [0.5, 0.6) is 5.88 Å². The number of carbonyl (C=O) groups is 1. The van der Waals surface area contributed by atoms with Crippen LogP contribution in [-0.4, -0.2) is 29.5 Å². The Hall–Kier alpha value is -1.52. The van der Waals surface area contributed by atoms with Crippen LogP contribution in [-0.2, 0) is 22.5 Å². The number of aromatic nitrogens is 2. The summed E-state index contributed by atoms with van der Waals surface area (Å²) >= 11 is 0. The van der Waals surface area contributed by atoms with E-state index in [2.05, 4.69) is 9.84 Å². The number of esters is 1. The number of aryl methyl sites for hydroxylation is 2. The zero-order chi connectivity index (χ0) is 10.7. The first-order valence-electron chi connectivity index (χ1n) is 5.06. The molecule has 0 saturated heterocycles. The Bertz CT molecular complexity index is 336. The largest absolute Gasteiger partial charge is 0.466 e. The zero-order valence-corrected chi connectivity index (χ0v) is 8.73. The Morgan fingerprint density at radius 3 is 3.20 bits per heavy atom. The van der Waals surface area contributed by atoms with Gasteiger partial charge in [-0.25, -0.2) is 4.79 Å². The molecule has 0 amide bonds. The first kappa shape index (κ1) is 10.0. The highest BCUT2D eigenvalue weighted by Crippen LogP contribution is 2.19. The number of nitrogens with zero attached hydrogens (tertiary/aromatic N) is 2. The van der Waals surface area contributed by atoms with E-state index >= 15 is 0 Å². The van der Waals surface area contributed by atoms with Gasteiger partial charge in [-0.15, -0.1) is 5.10 Å². The van der Waals surface area contributed by atoms with Gasteiger partial charge in [0.05, 0.1) is 7.11 Å². The van der Waals surface area contributed by atoms with Gasteiger partial charge in [-0.2, -0.15) is 0 Å². The fourth-order valence-electron chi connectivity index (χ4n) is 1.65. The molecule has 5 heteroatoms. The van der Waals surface area contributed by atoms with E-state index < -0.39 is 0 Å². The first-order chi connectivity index (χ1) is 7.29. The van der Waals surface area contributed by atoms with Gasteiger partial charge in [0, 0.05) is 18.3 Å². The standard InChI is InChI=1S/C10H14N2O3/c1-14-10(13)7-15-9-6-8-4-2-3-5-12(8)11-9/h6H,2-5,7H2,1H3. The molecule has 1 aliphatic rings. The van der Waals surface area contributed by atoms with E-state index in [-0.39, 0.29) is 12.6 Å². The highest BCUT2D eigenvalue weighted by molar-refractivity contribution is 5.70. The van der Waals surface area contributed by atoms with Crippen molar-refractivity contribution in [2.45, 2.75) is 25.8 Å². The number of carbonyl (C=O) groups excluding carboxylic acids is 1. The topological polar surface area (TPSA) is 53.4 Å². The Labute approximate surface area is 88.0 Å². The predicted molar refractivity (Wildman–Crippen MR) is 52.7 cm³/mol. The van der Waals surface area contributed by atoms with Crippen LogP contribution < -0.4 is 4.74 Å². The van der Waals surface area contributed by atoms with Crippen LogP contribution >= 0.6 is 0 Å². The summed E-state index contributed by atoms with van der Waals surface area (Å²) in [5, 5.41) is 4.24. The van der Waals surface area contributed by atoms with Crippen molar-refractivity contribution in [1.82, 2.24) is 9.78 Å². The number of rotatable bonds is 3. The molecule has 15 heavy (non-hydrogen) atoms. The lowest BCUT2D eigenvalue weighted by Gasteiger charge is -2.11. The molecule has 0 bridgehead atoms. The van der Waals surface area contributed by atoms with Gasteiger partial charge in [0.1, 0.15) is 0 Å². The maximum Gasteiger partial charge on any atom is 0.343 e. The van der Waals surface area contributed by atoms with Crippen molar-refractivity contribution in [3.63, 3.8) is 0 Å². The van der Waals surface area contributed by atoms with Crippen molar-refractivity contribution in [2.75, 3.05) is 13.7 Å². The van der Waals surface area contributed by atoms with E-state index in [1.54, 1.807) is 0 Å². The van der Waals surface area contributed by atoms with Crippen molar-refractivity contribution in [3.8, 4) is 5.88 Å². The third-order valence-electron chi connectivity index (χ3n) is 2.46. The molecule has 0 aromatic carbocycles. The second-order valence-electron chi connectivity index (χ2n) is 3.52. The average Bonchev–Trinajstić information content (AvgIpc) is 2.68. The summed E-state index contributed by atoms with van der Waals surface area (Å²) in [5.74, 6) is 0.123. The van der Waals surface area contributed by atoms with Crippen LogP contribution in [0, 0.1) is 0 Å². The van der Waals surface area contributed by atoms with Gasteiger partial charge in [0.2, 0.25) is 5.88 Å². The summed E-state index contributed by atoms with van der Waals surface area (Å²) in [6.07, 6.45) is 3.39. The normalized spacial score (nSPS) is 14.5. The Morgan fingerprint density at radius 1 is 1.60 bits per heavy atom. The molecule has 0 aliphatic carbocycles. The molecule has 0 spiro atoms. The minimum absolute atomic E-state index is 0.0764. The van der Waals surface area contributed by atoms with Crippen molar-refractivity contribution in [3.05, 3.63) is 11.8 Å². The minimum atomic E-state index is -0.388. The number of methoxy groups -OCH3 is 1. The number of fused-ring (bicyclic) bond motifs is 1. The van der Waals surface area contributed by atoms with Gasteiger partial charge in [0.15, 0.2) is 6.61 Å². The summed E-state index contributed by atoms with van der Waals surface area (Å²) in [6, 6.07) is 1.89. The van der Waals surface area contributed by atoms with Crippen molar-refractivity contribution in [1.29, 1.82) is 0 Å². The molecule has 82 valence electrons. The van der Waals surface area contributed by atoms with Crippen molar-refractivity contribution in [2.24, 2.45) is 0 Å². The zero-order valence-electron chi connectivity index (χ0n) is 8.73. The van der Waals surface area contributed by atoms with Gasteiger partial charge in [-0.05, 0) is 19.3 Å². The lowest BCUT2D eigenvalue weighted by Crippen LogP contribution is -2.13. The van der Waals surface area contributed by atoms with Gasteiger partial charge in [0.25, 0.3) is 0 Å². The summed E-state index contributed by atoms with van der Waals surface area (Å²) < 4.78 is 11.6. The van der Waals surface area contributed by atoms with E-state index in [1.807, 2.05) is 10.7 Å². The maximum atomic E-state index is 10.8. The van der Waals surface area contributed by atoms with E-state index in [4.69, 9.17) is 4.74 Å². The third-order valence-corrected chi connectivity index (χ3v) is 2.46. The van der Waals surface area contributed by atoms with Crippen LogP contribution in [0.4, 0.5) is 0 Å². The minimum Gasteiger partial charge on any atom is -0.466 e. The monoisotopic (exact) mass is 210 g/mol. The number of hydrogen-bond donors (Lipinski definition) is 0. The Morgan fingerprint density at radius 2 is 2.47 bits per heavy atom. The van der Waals surface area contributed by atoms with Gasteiger partial charge >= 0.3 is 5.97 Å². The molecule has 2 rings (SSSR count). The first-order valence-corrected chi connectivity index (χ1v) is 5.06. The smallest absolute Gasteiger partial charge is 0.343 e. The summed E-state index contributed by atoms with van der Waals surface area (Å²) in [4.78, 5) is 10.8. The quantitative estimate of drug-likeness (QED) is 0.691. The van der Waals surface area contributed by atoms with E-state index in [1.165, 1.54) is 19.2 Å². The molecule has 1 aromatic heterocycles. The third kappa shape index (κ3) is 2.29. The highest BCUT2D eigenvalue weighted by atomic mass is 16.6. The van der Waals surface area contributed by atoms with Crippen LogP contribution in [0.25, 0.3) is 0 Å². The van der Waals surface area contributed by atoms with Gasteiger partial charge in [-0.3, -0.25) is 4.68 Å². The molecule has 1 aromatic rings. The lowest BCUT2D eigenvalue weighted by atomic mass is 10.1. The SMILES string of the molecule is COC(=O)COc1cc2n(n1)CCCC2. The van der Waals surface area contributed by atoms with Crippen LogP contribution in [0.3, 0.4) is 0 Å². The Kier molecular flexibility index (Phi) is 2.89. The average molecular weight is 210 g/mol. The summed E-state index contributed by atoms with van der Waals surface area (Å²) in [6.45, 7) is 0.865. The van der Waals surface area contributed by atoms with Crippen molar-refractivity contribution >= 4 is 5.97 Å². The number of ether oxygens (including phenoxy) is 2. The second-order valence-corrected chi connectivity index (χ2v) is 3.52. The molecule has 0 radical (unpaired) electrons. The highest BCUT2D eigenvalue weighted by Gasteiger charge is 2.13. The van der Waals surface area contributed by atoms with Crippen LogP contribution in [0.2, 0.25) is 0 Å². The fourth-order valence-corrected chi connectivity index (χ4v) is 1.65. The predicted octanol–water partition coefficient (Wildman–Crippen LogP) is 0.771. The Balaban J connectivity index is 1.97. The van der Waals surface area contributed by atoms with E-state index in [0.29, 0.717) is 5.88 Å².